The van der Waals surface area contributed by atoms with Crippen LogP contribution < -0.4 is 17.0 Å². The largest absolute Gasteiger partial charge is 0.382 e. The van der Waals surface area contributed by atoms with Crippen LogP contribution in [0.3, 0.4) is 0 Å². The van der Waals surface area contributed by atoms with Crippen molar-refractivity contribution >= 4 is 71.1 Å². The highest BCUT2D eigenvalue weighted by atomic mass is 32.5. The molecule has 8 heterocycles. The van der Waals surface area contributed by atoms with E-state index in [1.54, 1.807) is 0 Å². The molecule has 0 amide bonds. The third-order valence-corrected chi connectivity index (χ3v) is 12.6. The first-order chi connectivity index (χ1) is 22.2. The maximum atomic E-state index is 18.3. The average molecular weight is 735 g/mol. The fraction of sp³-hybridized carbons (Fsp3) is 0.545. The first-order valence-corrected chi connectivity index (χ1v) is 19.0. The number of nitrogen functional groups attached to an aromatic ring is 2. The fourth-order valence-electron chi connectivity index (χ4n) is 7.47. The molecule has 0 aromatic carbocycles. The van der Waals surface area contributed by atoms with Gasteiger partial charge in [0, 0.05) is 0 Å². The lowest BCUT2D eigenvalue weighted by molar-refractivity contribution is -0.187. The van der Waals surface area contributed by atoms with E-state index >= 15 is 8.78 Å². The van der Waals surface area contributed by atoms with Crippen molar-refractivity contribution in [1.29, 1.82) is 0 Å². The molecule has 250 valence electrons. The van der Waals surface area contributed by atoms with Crippen molar-refractivity contribution in [3.63, 3.8) is 0 Å². The van der Waals surface area contributed by atoms with Gasteiger partial charge < -0.3 is 39.8 Å². The first kappa shape index (κ1) is 30.4. The van der Waals surface area contributed by atoms with E-state index in [-0.39, 0.29) is 34.1 Å². The molecule has 4 saturated heterocycles. The molecule has 3 unspecified atom stereocenters. The number of imidazole rings is 2. The summed E-state index contributed by atoms with van der Waals surface area (Å²) in [5.74, 6) is -0.246. The van der Waals surface area contributed by atoms with Crippen LogP contribution in [0, 0.1) is 5.41 Å². The minimum Gasteiger partial charge on any atom is -0.382 e. The summed E-state index contributed by atoms with van der Waals surface area (Å²) in [6.07, 6.45) is -6.92. The Morgan fingerprint density at radius 3 is 2.49 bits per heavy atom. The normalized spacial score (nSPS) is 44.3. The number of ether oxygens (including phenoxy) is 2. The molecule has 25 heteroatoms. The maximum Gasteiger partial charge on any atom is 0.325 e. The molecule has 2 spiro atoms. The molecule has 0 radical (unpaired) electrons. The number of alkyl halides is 2. The summed E-state index contributed by atoms with van der Waals surface area (Å²) < 4.78 is 73.2. The van der Waals surface area contributed by atoms with Gasteiger partial charge >= 0.3 is 13.4 Å². The van der Waals surface area contributed by atoms with Crippen LogP contribution in [0.1, 0.15) is 18.9 Å². The molecule has 4 aliphatic heterocycles. The summed E-state index contributed by atoms with van der Waals surface area (Å²) in [7, 11) is 0. The van der Waals surface area contributed by atoms with Crippen LogP contribution in [-0.2, 0) is 51.2 Å². The second-order valence-corrected chi connectivity index (χ2v) is 17.4. The molecule has 9 rings (SSSR count). The van der Waals surface area contributed by atoms with Gasteiger partial charge in [0.15, 0.2) is 52.5 Å². The van der Waals surface area contributed by atoms with Gasteiger partial charge in [0.25, 0.3) is 5.56 Å². The number of aromatic nitrogens is 8. The van der Waals surface area contributed by atoms with Gasteiger partial charge in [0.2, 0.25) is 5.95 Å². The van der Waals surface area contributed by atoms with Gasteiger partial charge in [-0.25, -0.2) is 28.7 Å². The van der Waals surface area contributed by atoms with Crippen molar-refractivity contribution in [2.24, 2.45) is 5.41 Å². The number of anilines is 2. The number of halogens is 2. The summed E-state index contributed by atoms with van der Waals surface area (Å²) in [4.78, 5) is 57.7. The number of nitrogens with two attached hydrogens (primary N) is 2. The highest BCUT2D eigenvalue weighted by Crippen LogP contribution is 2.80. The summed E-state index contributed by atoms with van der Waals surface area (Å²) in [6.45, 7) is -10.0. The molecule has 1 saturated carbocycles. The number of H-pyrrole nitrogens is 1. The molecular formula is C22H22F2N10O9P2S2. The number of aromatic amines is 1. The average Bonchev–Trinajstić information content (AvgIpc) is 3.43. The number of nitrogens with one attached hydrogen (secondary N) is 1. The zero-order chi connectivity index (χ0) is 32.9. The van der Waals surface area contributed by atoms with Crippen molar-refractivity contribution in [1.82, 2.24) is 39.0 Å². The van der Waals surface area contributed by atoms with Gasteiger partial charge in [-0.05, 0) is 30.0 Å². The molecule has 7 N–H and O–H groups in total. The van der Waals surface area contributed by atoms with Crippen molar-refractivity contribution in [2.45, 2.75) is 54.6 Å². The van der Waals surface area contributed by atoms with Crippen LogP contribution in [0.4, 0.5) is 20.5 Å². The third-order valence-electron chi connectivity index (χ3n) is 9.53. The van der Waals surface area contributed by atoms with Crippen molar-refractivity contribution in [3.8, 4) is 0 Å². The predicted molar refractivity (Wildman–Crippen MR) is 160 cm³/mol. The van der Waals surface area contributed by atoms with E-state index in [0.29, 0.717) is 0 Å². The minimum atomic E-state index is -4.35. The molecule has 4 aromatic heterocycles. The van der Waals surface area contributed by atoms with Crippen LogP contribution in [-0.4, -0.2) is 97.8 Å². The van der Waals surface area contributed by atoms with E-state index in [1.165, 1.54) is 17.2 Å². The van der Waals surface area contributed by atoms with Gasteiger partial charge in [-0.2, -0.15) is 4.98 Å². The van der Waals surface area contributed by atoms with Gasteiger partial charge in [0.1, 0.15) is 24.1 Å². The zero-order valence-electron chi connectivity index (χ0n) is 23.3. The van der Waals surface area contributed by atoms with Crippen LogP contribution >= 0.6 is 13.4 Å². The van der Waals surface area contributed by atoms with Crippen molar-refractivity contribution < 1.29 is 46.1 Å². The molecule has 19 nitrogen and oxygen atoms in total. The van der Waals surface area contributed by atoms with E-state index in [4.69, 9.17) is 62.6 Å². The minimum absolute atomic E-state index is 0.0563. The second kappa shape index (κ2) is 9.52. The molecule has 5 fully saturated rings. The van der Waals surface area contributed by atoms with E-state index in [0.717, 1.165) is 10.9 Å². The lowest BCUT2D eigenvalue weighted by Crippen LogP contribution is -2.60. The van der Waals surface area contributed by atoms with Gasteiger partial charge in [-0.15, -0.1) is 0 Å². The number of hydrogen-bond acceptors (Lipinski definition) is 16. The van der Waals surface area contributed by atoms with Crippen molar-refractivity contribution in [3.05, 3.63) is 29.3 Å². The molecule has 2 bridgehead atoms. The molecule has 5 aliphatic rings. The molecule has 1 aliphatic carbocycles. The zero-order valence-corrected chi connectivity index (χ0v) is 26.7. The summed E-state index contributed by atoms with van der Waals surface area (Å²) in [5.41, 5.74) is 4.15. The van der Waals surface area contributed by atoms with Gasteiger partial charge in [-0.1, -0.05) is 0 Å². The standard InChI is InChI=1S/C22H22F2N10O9P2S2/c23-8-11-21(41-17(8)34-6-30-10-15(34)31-19(26)32-16(10)35)3-39-45(37,47)43-12-18(33-5-29-9-13(25)27-4-28-14(9)33)40-7(1-38-44(36,46)42-11)20(12)2-22(20,21)24/h4-8,11-12,17-18H,1-3H2,(H,36,46)(H,37,47)(H2,25,27,28)(H3,26,31,32,35)/t7-,8-,11+,12+,17-,18-,20-,21-,22?,44?,45?/m1/s1. The fourth-order valence-corrected chi connectivity index (χ4v) is 10.3. The Morgan fingerprint density at radius 1 is 1.00 bits per heavy atom. The first-order valence-electron chi connectivity index (χ1n) is 13.8. The monoisotopic (exact) mass is 734 g/mol. The van der Waals surface area contributed by atoms with Gasteiger partial charge in [0.05, 0.1) is 37.4 Å². The highest BCUT2D eigenvalue weighted by molar-refractivity contribution is 8.07. The summed E-state index contributed by atoms with van der Waals surface area (Å²) in [5, 5.41) is 0. The van der Waals surface area contributed by atoms with Crippen molar-refractivity contribution in [2.75, 3.05) is 24.7 Å². The number of rotatable bonds is 2. The maximum absolute atomic E-state index is 18.3. The second-order valence-electron chi connectivity index (χ2n) is 11.8. The number of fused-ring (bicyclic) bond motifs is 2. The Hall–Kier alpha value is -2.66. The van der Waals surface area contributed by atoms with Crippen LogP contribution in [0.2, 0.25) is 0 Å². The quantitative estimate of drug-likeness (QED) is 0.170. The topological polar surface area (TPSA) is 255 Å². The lowest BCUT2D eigenvalue weighted by atomic mass is 9.79. The Morgan fingerprint density at radius 2 is 1.70 bits per heavy atom. The Balaban J connectivity index is 1.24. The SMILES string of the molecule is Nc1nc2c(ncn2[C@@H]2O[C@]34COP(O)(=S)O[C@H]5[C@H](n6cnc7c(N)ncnc76)O[C@H](COP(O)(=S)O[C@H]3[C@H]2F)[C@]52CC24F)c(=O)[nH]1. The van der Waals surface area contributed by atoms with Gasteiger partial charge in [-0.3, -0.25) is 28.0 Å². The highest BCUT2D eigenvalue weighted by Gasteiger charge is 2.92. The van der Waals surface area contributed by atoms with E-state index in [9.17, 15) is 14.6 Å². The number of hydrogen-bond donors (Lipinski definition) is 5. The van der Waals surface area contributed by atoms with Crippen LogP contribution in [0.25, 0.3) is 22.3 Å². The van der Waals surface area contributed by atoms with E-state index in [2.05, 4.69) is 29.9 Å². The molecular weight excluding hydrogens is 712 g/mol. The Kier molecular flexibility index (Phi) is 6.16. The smallest absolute Gasteiger partial charge is 0.325 e. The molecule has 11 atom stereocenters. The lowest BCUT2D eigenvalue weighted by Gasteiger charge is -2.43. The summed E-state index contributed by atoms with van der Waals surface area (Å²) >= 11 is 10.6. The third kappa shape index (κ3) is 3.93. The van der Waals surface area contributed by atoms with Crippen LogP contribution in [0.5, 0.6) is 0 Å². The predicted octanol–water partition coefficient (Wildman–Crippen LogP) is -0.0102. The Labute approximate surface area is 270 Å². The Bertz CT molecular complexity index is 2180. The molecule has 4 aromatic rings. The summed E-state index contributed by atoms with van der Waals surface area (Å²) in [6, 6.07) is 0. The van der Waals surface area contributed by atoms with E-state index < -0.39 is 92.3 Å². The van der Waals surface area contributed by atoms with E-state index in [1.807, 2.05) is 0 Å². The van der Waals surface area contributed by atoms with Crippen LogP contribution in [0.15, 0.2) is 23.8 Å². The molecule has 47 heavy (non-hydrogen) atoms. The number of nitrogens with zero attached hydrogens (tertiary/aromatic N) is 7.